The minimum Gasteiger partial charge on any atom is -0.357 e. The van der Waals surface area contributed by atoms with E-state index >= 15 is 0 Å². The minimum absolute atomic E-state index is 0.0268. The number of carbonyl (C=O) groups is 1. The molecule has 0 atom stereocenters. The number of anilines is 1. The highest BCUT2D eigenvalue weighted by Crippen LogP contribution is 2.23. The molecule has 138 valence electrons. The van der Waals surface area contributed by atoms with Gasteiger partial charge in [-0.15, -0.1) is 0 Å². The molecule has 5 heteroatoms. The zero-order chi connectivity index (χ0) is 18.4. The lowest BCUT2D eigenvalue weighted by Gasteiger charge is -2.32. The average molecular weight is 352 g/mol. The summed E-state index contributed by atoms with van der Waals surface area (Å²) >= 11 is 0. The van der Waals surface area contributed by atoms with Crippen molar-refractivity contribution in [3.63, 3.8) is 0 Å². The second-order valence-corrected chi connectivity index (χ2v) is 6.86. The van der Waals surface area contributed by atoms with E-state index in [2.05, 4.69) is 59.0 Å². The van der Waals surface area contributed by atoms with Crippen molar-refractivity contribution in [3.05, 3.63) is 54.0 Å². The predicted octanol–water partition coefficient (Wildman–Crippen LogP) is 3.42. The largest absolute Gasteiger partial charge is 0.357 e. The molecule has 0 spiro atoms. The summed E-state index contributed by atoms with van der Waals surface area (Å²) in [6.07, 6.45) is 4.70. The van der Waals surface area contributed by atoms with Crippen molar-refractivity contribution in [1.29, 1.82) is 0 Å². The lowest BCUT2D eigenvalue weighted by molar-refractivity contribution is 0.0684. The second-order valence-electron chi connectivity index (χ2n) is 6.86. The summed E-state index contributed by atoms with van der Waals surface area (Å²) in [6, 6.07) is 12.4. The first-order chi connectivity index (χ1) is 12.7. The first kappa shape index (κ1) is 18.4. The smallest absolute Gasteiger partial charge is 0.272 e. The zero-order valence-electron chi connectivity index (χ0n) is 15.8. The van der Waals surface area contributed by atoms with Gasteiger partial charge in [0.2, 0.25) is 0 Å². The standard InChI is InChI=1S/C21H28N4O/c1-3-24(4-2)20-15-19(22-16-23-20)21(26)25-12-10-18(11-13-25)14-17-8-6-5-7-9-17/h5-9,15-16,18H,3-4,10-14H2,1-2H3. The van der Waals surface area contributed by atoms with E-state index in [9.17, 15) is 4.79 Å². The van der Waals surface area contributed by atoms with Gasteiger partial charge in [0.1, 0.15) is 17.8 Å². The third-order valence-electron chi connectivity index (χ3n) is 5.23. The molecule has 2 aromatic rings. The fourth-order valence-corrected chi connectivity index (χ4v) is 3.63. The Hall–Kier alpha value is -2.43. The number of piperidine rings is 1. The summed E-state index contributed by atoms with van der Waals surface area (Å²) in [4.78, 5) is 25.4. The SMILES string of the molecule is CCN(CC)c1cc(C(=O)N2CCC(Cc3ccccc3)CC2)ncn1. The van der Waals surface area contributed by atoms with Crippen molar-refractivity contribution < 1.29 is 4.79 Å². The number of nitrogens with zero attached hydrogens (tertiary/aromatic N) is 4. The van der Waals surface area contributed by atoms with Crippen LogP contribution in [0.2, 0.25) is 0 Å². The van der Waals surface area contributed by atoms with Crippen molar-refractivity contribution >= 4 is 11.7 Å². The summed E-state index contributed by atoms with van der Waals surface area (Å²) in [6.45, 7) is 7.52. The number of aromatic nitrogens is 2. The van der Waals surface area contributed by atoms with Crippen LogP contribution in [0.3, 0.4) is 0 Å². The van der Waals surface area contributed by atoms with Crippen molar-refractivity contribution in [1.82, 2.24) is 14.9 Å². The van der Waals surface area contributed by atoms with E-state index in [1.54, 1.807) is 0 Å². The summed E-state index contributed by atoms with van der Waals surface area (Å²) in [5, 5.41) is 0. The lowest BCUT2D eigenvalue weighted by atomic mass is 9.90. The molecule has 26 heavy (non-hydrogen) atoms. The van der Waals surface area contributed by atoms with Gasteiger partial charge in [-0.2, -0.15) is 0 Å². The summed E-state index contributed by atoms with van der Waals surface area (Å²) in [5.41, 5.74) is 1.89. The van der Waals surface area contributed by atoms with Gasteiger partial charge in [-0.05, 0) is 44.6 Å². The molecule has 0 N–H and O–H groups in total. The van der Waals surface area contributed by atoms with Gasteiger partial charge in [-0.25, -0.2) is 9.97 Å². The van der Waals surface area contributed by atoms with Crippen LogP contribution < -0.4 is 4.90 Å². The number of amides is 1. The van der Waals surface area contributed by atoms with Gasteiger partial charge in [0.25, 0.3) is 5.91 Å². The third kappa shape index (κ3) is 4.40. The lowest BCUT2D eigenvalue weighted by Crippen LogP contribution is -2.39. The number of carbonyl (C=O) groups excluding carboxylic acids is 1. The Kier molecular flexibility index (Phi) is 6.21. The first-order valence-electron chi connectivity index (χ1n) is 9.61. The second kappa shape index (κ2) is 8.79. The molecular formula is C21H28N4O. The molecule has 0 aliphatic carbocycles. The van der Waals surface area contributed by atoms with Crippen LogP contribution >= 0.6 is 0 Å². The molecule has 1 aromatic heterocycles. The molecule has 0 radical (unpaired) electrons. The third-order valence-corrected chi connectivity index (χ3v) is 5.23. The van der Waals surface area contributed by atoms with E-state index in [4.69, 9.17) is 0 Å². The summed E-state index contributed by atoms with van der Waals surface area (Å²) in [5.74, 6) is 1.50. The van der Waals surface area contributed by atoms with Gasteiger partial charge in [-0.3, -0.25) is 4.79 Å². The Morgan fingerprint density at radius 2 is 1.81 bits per heavy atom. The van der Waals surface area contributed by atoms with E-state index in [-0.39, 0.29) is 5.91 Å². The molecule has 1 aliphatic heterocycles. The topological polar surface area (TPSA) is 49.3 Å². The molecule has 1 aromatic carbocycles. The monoisotopic (exact) mass is 352 g/mol. The fourth-order valence-electron chi connectivity index (χ4n) is 3.63. The Balaban J connectivity index is 1.59. The number of likely N-dealkylation sites (tertiary alicyclic amines) is 1. The minimum atomic E-state index is 0.0268. The zero-order valence-corrected chi connectivity index (χ0v) is 15.8. The van der Waals surface area contributed by atoms with Crippen LogP contribution in [0, 0.1) is 5.92 Å². The van der Waals surface area contributed by atoms with Crippen molar-refractivity contribution in [2.45, 2.75) is 33.1 Å². The van der Waals surface area contributed by atoms with Crippen LogP contribution in [0.25, 0.3) is 0 Å². The van der Waals surface area contributed by atoms with Crippen molar-refractivity contribution in [2.24, 2.45) is 5.92 Å². The molecule has 0 bridgehead atoms. The van der Waals surface area contributed by atoms with Crippen LogP contribution in [0.15, 0.2) is 42.7 Å². The molecule has 0 unspecified atom stereocenters. The molecule has 1 fully saturated rings. The number of benzene rings is 1. The molecule has 1 saturated heterocycles. The quantitative estimate of drug-likeness (QED) is 0.799. The molecule has 5 nitrogen and oxygen atoms in total. The Morgan fingerprint density at radius 3 is 2.46 bits per heavy atom. The Morgan fingerprint density at radius 1 is 1.12 bits per heavy atom. The Labute approximate surface area is 156 Å². The van der Waals surface area contributed by atoms with Crippen LogP contribution in [-0.2, 0) is 6.42 Å². The highest BCUT2D eigenvalue weighted by molar-refractivity contribution is 5.93. The van der Waals surface area contributed by atoms with Gasteiger partial charge in [-0.1, -0.05) is 30.3 Å². The Bertz CT molecular complexity index is 707. The van der Waals surface area contributed by atoms with Crippen molar-refractivity contribution in [3.8, 4) is 0 Å². The van der Waals surface area contributed by atoms with E-state index < -0.39 is 0 Å². The number of hydrogen-bond donors (Lipinski definition) is 0. The maximum atomic E-state index is 12.8. The van der Waals surface area contributed by atoms with Crippen LogP contribution in [0.5, 0.6) is 0 Å². The van der Waals surface area contributed by atoms with Gasteiger partial charge in [0, 0.05) is 32.2 Å². The molecule has 1 amide bonds. The van der Waals surface area contributed by atoms with Crippen LogP contribution in [-0.4, -0.2) is 47.0 Å². The van der Waals surface area contributed by atoms with Gasteiger partial charge >= 0.3 is 0 Å². The summed E-state index contributed by atoms with van der Waals surface area (Å²) in [7, 11) is 0. The van der Waals surface area contributed by atoms with Gasteiger partial charge in [0.05, 0.1) is 0 Å². The highest BCUT2D eigenvalue weighted by Gasteiger charge is 2.25. The normalized spacial score (nSPS) is 15.1. The predicted molar refractivity (Wildman–Crippen MR) is 104 cm³/mol. The van der Waals surface area contributed by atoms with E-state index in [1.165, 1.54) is 11.9 Å². The van der Waals surface area contributed by atoms with E-state index in [1.807, 2.05) is 11.0 Å². The van der Waals surface area contributed by atoms with Crippen molar-refractivity contribution in [2.75, 3.05) is 31.1 Å². The highest BCUT2D eigenvalue weighted by atomic mass is 16.2. The molecule has 3 rings (SSSR count). The first-order valence-corrected chi connectivity index (χ1v) is 9.61. The van der Waals surface area contributed by atoms with Gasteiger partial charge in [0.15, 0.2) is 0 Å². The molecule has 2 heterocycles. The molecular weight excluding hydrogens is 324 g/mol. The maximum Gasteiger partial charge on any atom is 0.272 e. The number of hydrogen-bond acceptors (Lipinski definition) is 4. The number of rotatable bonds is 6. The van der Waals surface area contributed by atoms with E-state index in [0.29, 0.717) is 11.6 Å². The van der Waals surface area contributed by atoms with E-state index in [0.717, 1.165) is 51.3 Å². The maximum absolute atomic E-state index is 12.8. The fraction of sp³-hybridized carbons (Fsp3) is 0.476. The van der Waals surface area contributed by atoms with Crippen LogP contribution in [0.1, 0.15) is 42.7 Å². The van der Waals surface area contributed by atoms with Gasteiger partial charge < -0.3 is 9.80 Å². The molecule has 0 saturated carbocycles. The molecule has 1 aliphatic rings. The summed E-state index contributed by atoms with van der Waals surface area (Å²) < 4.78 is 0. The average Bonchev–Trinajstić information content (AvgIpc) is 2.70. The van der Waals surface area contributed by atoms with Crippen LogP contribution in [0.4, 0.5) is 5.82 Å².